The Hall–Kier alpha value is -3.32. The number of nitrogens with one attached hydrogen (secondary N) is 1. The van der Waals surface area contributed by atoms with Crippen LogP contribution in [0.4, 0.5) is 10.5 Å². The molecule has 0 radical (unpaired) electrons. The number of anilines is 1. The van der Waals surface area contributed by atoms with Gasteiger partial charge in [0.2, 0.25) is 0 Å². The van der Waals surface area contributed by atoms with Gasteiger partial charge in [-0.05, 0) is 50.1 Å². The van der Waals surface area contributed by atoms with Crippen LogP contribution in [0.1, 0.15) is 24.1 Å². The van der Waals surface area contributed by atoms with Crippen LogP contribution >= 0.6 is 0 Å². The Morgan fingerprint density at radius 3 is 3.03 bits per heavy atom. The quantitative estimate of drug-likeness (QED) is 0.512. The number of carbonyl (C=O) groups is 1. The maximum Gasteiger partial charge on any atom is 0.347 e. The summed E-state index contributed by atoms with van der Waals surface area (Å²) in [5, 5.41) is 4.73. The summed E-state index contributed by atoms with van der Waals surface area (Å²) in [6.07, 6.45) is 7.25. The van der Waals surface area contributed by atoms with Gasteiger partial charge in [0.25, 0.3) is 0 Å². The van der Waals surface area contributed by atoms with Crippen molar-refractivity contribution >= 4 is 28.3 Å². The van der Waals surface area contributed by atoms with Crippen LogP contribution in [-0.4, -0.2) is 39.8 Å². The van der Waals surface area contributed by atoms with Crippen LogP contribution in [0.25, 0.3) is 10.8 Å². The second-order valence-corrected chi connectivity index (χ2v) is 7.71. The molecule has 0 spiro atoms. The molecule has 30 heavy (non-hydrogen) atoms. The first kappa shape index (κ1) is 20.0. The average molecular weight is 403 g/mol. The maximum atomic E-state index is 12.5. The highest BCUT2D eigenvalue weighted by Gasteiger charge is 2.24. The molecule has 3 heterocycles. The third-order valence-electron chi connectivity index (χ3n) is 5.57. The number of likely N-dealkylation sites (tertiary alicyclic amines) is 1. The second-order valence-electron chi connectivity index (χ2n) is 7.71. The number of benzene rings is 1. The fourth-order valence-corrected chi connectivity index (χ4v) is 3.92. The van der Waals surface area contributed by atoms with Crippen molar-refractivity contribution in [1.82, 2.24) is 14.9 Å². The number of carbonyl (C=O) groups excluding carboxylic acids is 1. The van der Waals surface area contributed by atoms with E-state index >= 15 is 0 Å². The predicted octanol–water partition coefficient (Wildman–Crippen LogP) is 3.74. The lowest BCUT2D eigenvalue weighted by molar-refractivity contribution is 0.193. The Balaban J connectivity index is 1.42. The summed E-state index contributed by atoms with van der Waals surface area (Å²) in [5.74, 6) is 0.446. The first-order valence-electron chi connectivity index (χ1n) is 10.2. The minimum atomic E-state index is -0.450. The zero-order valence-corrected chi connectivity index (χ0v) is 17.1. The van der Waals surface area contributed by atoms with Crippen molar-refractivity contribution in [2.24, 2.45) is 16.6 Å². The Bertz CT molecular complexity index is 1070. The van der Waals surface area contributed by atoms with Crippen LogP contribution in [0.5, 0.6) is 0 Å². The fraction of sp³-hybridized carbons (Fsp3) is 0.304. The smallest absolute Gasteiger partial charge is 0.347 e. The number of amides is 2. The molecule has 2 aromatic heterocycles. The summed E-state index contributed by atoms with van der Waals surface area (Å²) in [6.45, 7) is 4.63. The third kappa shape index (κ3) is 4.63. The number of hydrogen-bond acceptors (Lipinski definition) is 4. The minimum Gasteiger partial charge on any atom is -0.387 e. The molecule has 0 bridgehead atoms. The molecule has 1 unspecified atom stereocenters. The summed E-state index contributed by atoms with van der Waals surface area (Å²) >= 11 is 0. The molecule has 7 heteroatoms. The Kier molecular flexibility index (Phi) is 5.99. The van der Waals surface area contributed by atoms with Gasteiger partial charge < -0.3 is 11.1 Å². The lowest BCUT2D eigenvalue weighted by Crippen LogP contribution is -2.41. The van der Waals surface area contributed by atoms with Gasteiger partial charge in [0.1, 0.15) is 5.84 Å². The molecule has 154 valence electrons. The number of piperidine rings is 1. The Labute approximate surface area is 176 Å². The molecular formula is C23H26N6O. The number of pyridine rings is 2. The molecule has 2 amide bonds. The average Bonchev–Trinajstić information content (AvgIpc) is 2.76. The monoisotopic (exact) mass is 402 g/mol. The summed E-state index contributed by atoms with van der Waals surface area (Å²) in [7, 11) is 0. The molecule has 7 nitrogen and oxygen atoms in total. The molecule has 0 saturated carbocycles. The number of nitrogens with two attached hydrogens (primary N) is 1. The largest absolute Gasteiger partial charge is 0.387 e. The van der Waals surface area contributed by atoms with Crippen LogP contribution < -0.4 is 11.1 Å². The molecule has 4 rings (SSSR count). The van der Waals surface area contributed by atoms with E-state index < -0.39 is 6.03 Å². The van der Waals surface area contributed by atoms with Crippen molar-refractivity contribution in [2.75, 3.05) is 18.4 Å². The van der Waals surface area contributed by atoms with Gasteiger partial charge in [-0.25, -0.2) is 4.79 Å². The lowest BCUT2D eigenvalue weighted by Gasteiger charge is -2.32. The highest BCUT2D eigenvalue weighted by Crippen LogP contribution is 2.23. The van der Waals surface area contributed by atoms with Crippen LogP contribution in [0, 0.1) is 12.8 Å². The van der Waals surface area contributed by atoms with Gasteiger partial charge in [-0.1, -0.05) is 18.2 Å². The summed E-state index contributed by atoms with van der Waals surface area (Å²) in [5.41, 5.74) is 9.21. The molecule has 0 aliphatic carbocycles. The number of nitrogens with zero attached hydrogens (tertiary/aromatic N) is 4. The van der Waals surface area contributed by atoms with Crippen molar-refractivity contribution in [1.29, 1.82) is 0 Å². The van der Waals surface area contributed by atoms with Gasteiger partial charge in [0, 0.05) is 48.4 Å². The van der Waals surface area contributed by atoms with Crippen molar-refractivity contribution in [3.8, 4) is 0 Å². The number of aromatic nitrogens is 2. The van der Waals surface area contributed by atoms with E-state index in [4.69, 9.17) is 5.73 Å². The van der Waals surface area contributed by atoms with Gasteiger partial charge in [0.05, 0.1) is 11.4 Å². The molecule has 1 aliphatic heterocycles. The third-order valence-corrected chi connectivity index (χ3v) is 5.57. The molecule has 1 atom stereocenters. The van der Waals surface area contributed by atoms with Crippen molar-refractivity contribution in [3.05, 3.63) is 66.2 Å². The van der Waals surface area contributed by atoms with Crippen LogP contribution in [0.15, 0.2) is 60.0 Å². The number of aryl methyl sites for hydroxylation is 1. The first-order chi connectivity index (χ1) is 14.6. The minimum absolute atomic E-state index is 0.0604. The fourth-order valence-electron chi connectivity index (χ4n) is 3.92. The zero-order chi connectivity index (χ0) is 20.9. The maximum absolute atomic E-state index is 12.5. The number of rotatable bonds is 4. The molecule has 1 aromatic carbocycles. The van der Waals surface area contributed by atoms with E-state index in [9.17, 15) is 4.79 Å². The SMILES string of the molecule is Cc1cccnc1CN1CCCC(/C(N)=N/C(=O)Nc2cccc3cnccc23)C1. The van der Waals surface area contributed by atoms with E-state index in [0.29, 0.717) is 11.5 Å². The molecule has 1 aliphatic rings. The summed E-state index contributed by atoms with van der Waals surface area (Å²) < 4.78 is 0. The van der Waals surface area contributed by atoms with Gasteiger partial charge in [-0.3, -0.25) is 14.9 Å². The first-order valence-corrected chi connectivity index (χ1v) is 10.2. The van der Waals surface area contributed by atoms with E-state index in [1.54, 1.807) is 12.4 Å². The highest BCUT2D eigenvalue weighted by atomic mass is 16.2. The van der Waals surface area contributed by atoms with Crippen molar-refractivity contribution in [3.63, 3.8) is 0 Å². The zero-order valence-electron chi connectivity index (χ0n) is 17.1. The van der Waals surface area contributed by atoms with Crippen molar-refractivity contribution < 1.29 is 4.79 Å². The van der Waals surface area contributed by atoms with Gasteiger partial charge in [-0.15, -0.1) is 0 Å². The Morgan fingerprint density at radius 2 is 2.17 bits per heavy atom. The van der Waals surface area contributed by atoms with E-state index in [0.717, 1.165) is 48.9 Å². The predicted molar refractivity (Wildman–Crippen MR) is 119 cm³/mol. The standard InChI is InChI=1S/C23H26N6O/c1-16-5-3-10-26-21(16)15-29-12-4-7-18(14-29)22(24)28-23(30)27-20-8-2-6-17-13-25-11-9-19(17)20/h2-3,5-6,8-11,13,18H,4,7,12,14-15H2,1H3,(H3,24,27,28,30). The normalized spacial score (nSPS) is 17.8. The summed E-state index contributed by atoms with van der Waals surface area (Å²) in [6, 6.07) is 11.1. The Morgan fingerprint density at radius 1 is 1.27 bits per heavy atom. The van der Waals surface area contributed by atoms with Crippen LogP contribution in [0.2, 0.25) is 0 Å². The lowest BCUT2D eigenvalue weighted by atomic mass is 9.96. The van der Waals surface area contributed by atoms with E-state index in [1.807, 2.05) is 36.5 Å². The van der Waals surface area contributed by atoms with Gasteiger partial charge in [0.15, 0.2) is 0 Å². The molecule has 1 saturated heterocycles. The van der Waals surface area contributed by atoms with E-state index in [1.165, 1.54) is 5.56 Å². The van der Waals surface area contributed by atoms with E-state index in [2.05, 4.69) is 38.2 Å². The van der Waals surface area contributed by atoms with Crippen LogP contribution in [-0.2, 0) is 6.54 Å². The number of hydrogen-bond donors (Lipinski definition) is 2. The van der Waals surface area contributed by atoms with Crippen molar-refractivity contribution in [2.45, 2.75) is 26.3 Å². The number of amidine groups is 1. The molecule has 1 fully saturated rings. The van der Waals surface area contributed by atoms with E-state index in [-0.39, 0.29) is 5.92 Å². The van der Waals surface area contributed by atoms with Gasteiger partial charge >= 0.3 is 6.03 Å². The molecular weight excluding hydrogens is 376 g/mol. The summed E-state index contributed by atoms with van der Waals surface area (Å²) in [4.78, 5) is 27.6. The number of fused-ring (bicyclic) bond motifs is 1. The molecule has 3 aromatic rings. The van der Waals surface area contributed by atoms with Gasteiger partial charge in [-0.2, -0.15) is 4.99 Å². The second kappa shape index (κ2) is 9.00. The number of aliphatic imine (C=N–C) groups is 1. The molecule has 3 N–H and O–H groups in total. The number of urea groups is 1. The topological polar surface area (TPSA) is 96.5 Å². The highest BCUT2D eigenvalue weighted by molar-refractivity contribution is 6.05. The van der Waals surface area contributed by atoms with Crippen LogP contribution in [0.3, 0.4) is 0 Å².